The number of hydrogen-bond acceptors (Lipinski definition) is 4. The third-order valence-electron chi connectivity index (χ3n) is 3.73. The number of benzene rings is 1. The standard InChI is InChI=1S/C15H18N4O2/c1-10(2)18-6-7-19(15(18)20)12-5-3-4-11(8-12)13-9-17-21-14(13)16/h3-5,8-10H,6-7,16H2,1-2H3. The molecule has 3 rings (SSSR count). The van der Waals surface area contributed by atoms with Gasteiger partial charge in [0.25, 0.3) is 0 Å². The Morgan fingerprint density at radius 1 is 1.33 bits per heavy atom. The van der Waals surface area contributed by atoms with E-state index in [0.717, 1.165) is 23.4 Å². The molecule has 1 saturated heterocycles. The molecule has 2 amide bonds. The predicted molar refractivity (Wildman–Crippen MR) is 80.9 cm³/mol. The fraction of sp³-hybridized carbons (Fsp3) is 0.333. The average Bonchev–Trinajstić information content (AvgIpc) is 3.05. The molecular formula is C15H18N4O2. The SMILES string of the molecule is CC(C)N1CCN(c2cccc(-c3cnoc3N)c2)C1=O. The van der Waals surface area contributed by atoms with Crippen LogP contribution in [-0.4, -0.2) is 35.2 Å². The summed E-state index contributed by atoms with van der Waals surface area (Å²) in [4.78, 5) is 16.1. The predicted octanol–water partition coefficient (Wildman–Crippen LogP) is 2.57. The molecule has 110 valence electrons. The van der Waals surface area contributed by atoms with Gasteiger partial charge in [0.2, 0.25) is 5.88 Å². The molecule has 2 N–H and O–H groups in total. The van der Waals surface area contributed by atoms with Crippen molar-refractivity contribution in [1.29, 1.82) is 0 Å². The van der Waals surface area contributed by atoms with Gasteiger partial charge >= 0.3 is 6.03 Å². The quantitative estimate of drug-likeness (QED) is 0.941. The Morgan fingerprint density at radius 2 is 2.14 bits per heavy atom. The number of carbonyl (C=O) groups excluding carboxylic acids is 1. The zero-order valence-corrected chi connectivity index (χ0v) is 12.1. The first-order valence-corrected chi connectivity index (χ1v) is 6.96. The lowest BCUT2D eigenvalue weighted by molar-refractivity contribution is 0.209. The maximum absolute atomic E-state index is 12.4. The number of rotatable bonds is 3. The first-order chi connectivity index (χ1) is 10.1. The highest BCUT2D eigenvalue weighted by molar-refractivity contribution is 5.95. The molecule has 21 heavy (non-hydrogen) atoms. The van der Waals surface area contributed by atoms with Crippen LogP contribution in [0.4, 0.5) is 16.4 Å². The summed E-state index contributed by atoms with van der Waals surface area (Å²) >= 11 is 0. The fourth-order valence-corrected chi connectivity index (χ4v) is 2.58. The zero-order valence-electron chi connectivity index (χ0n) is 12.1. The van der Waals surface area contributed by atoms with Gasteiger partial charge in [0.1, 0.15) is 0 Å². The van der Waals surface area contributed by atoms with E-state index < -0.39 is 0 Å². The van der Waals surface area contributed by atoms with Gasteiger partial charge in [-0.25, -0.2) is 4.79 Å². The lowest BCUT2D eigenvalue weighted by Crippen LogP contribution is -2.36. The summed E-state index contributed by atoms with van der Waals surface area (Å²) in [5, 5.41) is 3.69. The number of urea groups is 1. The van der Waals surface area contributed by atoms with Crippen LogP contribution in [0, 0.1) is 0 Å². The van der Waals surface area contributed by atoms with Crippen molar-refractivity contribution < 1.29 is 9.32 Å². The minimum Gasteiger partial charge on any atom is -0.367 e. The Morgan fingerprint density at radius 3 is 2.76 bits per heavy atom. The van der Waals surface area contributed by atoms with Crippen LogP contribution in [0.1, 0.15) is 13.8 Å². The van der Waals surface area contributed by atoms with Crippen LogP contribution in [0.25, 0.3) is 11.1 Å². The zero-order chi connectivity index (χ0) is 15.0. The van der Waals surface area contributed by atoms with Gasteiger partial charge < -0.3 is 15.2 Å². The molecule has 6 heteroatoms. The molecule has 2 aromatic rings. The van der Waals surface area contributed by atoms with Crippen LogP contribution in [0.5, 0.6) is 0 Å². The number of nitrogens with zero attached hydrogens (tertiary/aromatic N) is 3. The number of nitrogens with two attached hydrogens (primary N) is 1. The molecule has 1 aliphatic rings. The van der Waals surface area contributed by atoms with Gasteiger partial charge in [0.05, 0.1) is 11.8 Å². The molecule has 1 fully saturated rings. The molecule has 0 radical (unpaired) electrons. The summed E-state index contributed by atoms with van der Waals surface area (Å²) in [5.41, 5.74) is 8.24. The van der Waals surface area contributed by atoms with E-state index in [9.17, 15) is 4.79 Å². The van der Waals surface area contributed by atoms with Gasteiger partial charge in [-0.1, -0.05) is 17.3 Å². The highest BCUT2D eigenvalue weighted by Crippen LogP contribution is 2.30. The summed E-state index contributed by atoms with van der Waals surface area (Å²) in [5.74, 6) is 0.281. The molecule has 0 atom stereocenters. The van der Waals surface area contributed by atoms with E-state index in [1.807, 2.05) is 43.0 Å². The molecule has 6 nitrogen and oxygen atoms in total. The minimum absolute atomic E-state index is 0.0421. The summed E-state index contributed by atoms with van der Waals surface area (Å²) in [7, 11) is 0. The number of nitrogen functional groups attached to an aromatic ring is 1. The van der Waals surface area contributed by atoms with Crippen molar-refractivity contribution in [2.75, 3.05) is 23.7 Å². The molecule has 1 aromatic carbocycles. The van der Waals surface area contributed by atoms with E-state index in [-0.39, 0.29) is 18.0 Å². The van der Waals surface area contributed by atoms with Crippen LogP contribution >= 0.6 is 0 Å². The first-order valence-electron chi connectivity index (χ1n) is 6.96. The largest absolute Gasteiger partial charge is 0.367 e. The van der Waals surface area contributed by atoms with Crippen LogP contribution in [0.2, 0.25) is 0 Å². The van der Waals surface area contributed by atoms with Crippen LogP contribution in [0.15, 0.2) is 35.0 Å². The van der Waals surface area contributed by atoms with E-state index in [0.29, 0.717) is 6.54 Å². The number of anilines is 2. The Balaban J connectivity index is 1.91. The Kier molecular flexibility index (Phi) is 3.29. The summed E-state index contributed by atoms with van der Waals surface area (Å²) < 4.78 is 4.89. The number of carbonyl (C=O) groups is 1. The molecular weight excluding hydrogens is 268 g/mol. The van der Waals surface area contributed by atoms with Crippen molar-refractivity contribution in [3.05, 3.63) is 30.5 Å². The van der Waals surface area contributed by atoms with Gasteiger partial charge in [-0.3, -0.25) is 4.90 Å². The van der Waals surface area contributed by atoms with Crippen molar-refractivity contribution in [1.82, 2.24) is 10.1 Å². The summed E-state index contributed by atoms with van der Waals surface area (Å²) in [6, 6.07) is 7.94. The van der Waals surface area contributed by atoms with Crippen LogP contribution < -0.4 is 10.6 Å². The monoisotopic (exact) mass is 286 g/mol. The summed E-state index contributed by atoms with van der Waals surface area (Å²) in [6.45, 7) is 5.49. The fourth-order valence-electron chi connectivity index (χ4n) is 2.58. The summed E-state index contributed by atoms with van der Waals surface area (Å²) in [6.07, 6.45) is 1.58. The average molecular weight is 286 g/mol. The molecule has 0 aliphatic carbocycles. The number of amides is 2. The van der Waals surface area contributed by atoms with Crippen molar-refractivity contribution in [2.45, 2.75) is 19.9 Å². The van der Waals surface area contributed by atoms with Gasteiger partial charge in [-0.15, -0.1) is 0 Å². The van der Waals surface area contributed by atoms with Crippen molar-refractivity contribution >= 4 is 17.6 Å². The van der Waals surface area contributed by atoms with Crippen LogP contribution in [-0.2, 0) is 0 Å². The maximum Gasteiger partial charge on any atom is 0.324 e. The van der Waals surface area contributed by atoms with Crippen molar-refractivity contribution in [3.8, 4) is 11.1 Å². The highest BCUT2D eigenvalue weighted by Gasteiger charge is 2.31. The van der Waals surface area contributed by atoms with E-state index in [1.54, 1.807) is 11.1 Å². The molecule has 0 bridgehead atoms. The van der Waals surface area contributed by atoms with Gasteiger partial charge in [-0.2, -0.15) is 0 Å². The maximum atomic E-state index is 12.4. The van der Waals surface area contributed by atoms with Gasteiger partial charge in [0.15, 0.2) is 0 Å². The number of hydrogen-bond donors (Lipinski definition) is 1. The second-order valence-electron chi connectivity index (χ2n) is 5.38. The smallest absolute Gasteiger partial charge is 0.324 e. The van der Waals surface area contributed by atoms with E-state index in [2.05, 4.69) is 5.16 Å². The number of aromatic nitrogens is 1. The first kappa shape index (κ1) is 13.5. The lowest BCUT2D eigenvalue weighted by Gasteiger charge is -2.22. The highest BCUT2D eigenvalue weighted by atomic mass is 16.5. The topological polar surface area (TPSA) is 75.6 Å². The molecule has 2 heterocycles. The normalized spacial score (nSPS) is 15.3. The van der Waals surface area contributed by atoms with Crippen molar-refractivity contribution in [2.24, 2.45) is 0 Å². The van der Waals surface area contributed by atoms with E-state index >= 15 is 0 Å². The van der Waals surface area contributed by atoms with Crippen LogP contribution in [0.3, 0.4) is 0 Å². The Bertz CT molecular complexity index is 665. The van der Waals surface area contributed by atoms with Crippen molar-refractivity contribution in [3.63, 3.8) is 0 Å². The molecule has 0 spiro atoms. The third-order valence-corrected chi connectivity index (χ3v) is 3.73. The second kappa shape index (κ2) is 5.12. The van der Waals surface area contributed by atoms with Gasteiger partial charge in [0, 0.05) is 24.8 Å². The Hall–Kier alpha value is -2.50. The Labute approximate surface area is 123 Å². The van der Waals surface area contributed by atoms with E-state index in [4.69, 9.17) is 10.3 Å². The van der Waals surface area contributed by atoms with Gasteiger partial charge in [-0.05, 0) is 31.5 Å². The molecule has 1 aliphatic heterocycles. The lowest BCUT2D eigenvalue weighted by atomic mass is 10.1. The molecule has 1 aromatic heterocycles. The molecule has 0 unspecified atom stereocenters. The minimum atomic E-state index is 0.0421. The second-order valence-corrected chi connectivity index (χ2v) is 5.38. The molecule has 0 saturated carbocycles. The third kappa shape index (κ3) is 2.33. The van der Waals surface area contributed by atoms with E-state index in [1.165, 1.54) is 0 Å².